The summed E-state index contributed by atoms with van der Waals surface area (Å²) in [6, 6.07) is 7.85. The van der Waals surface area contributed by atoms with Crippen LogP contribution in [0.25, 0.3) is 0 Å². The largest absolute Gasteiger partial charge is 0.497 e. The Morgan fingerprint density at radius 3 is 2.38 bits per heavy atom. The van der Waals surface area contributed by atoms with Gasteiger partial charge in [0.05, 0.1) is 12.8 Å². The number of aromatic nitrogens is 1. The molecule has 29 heavy (non-hydrogen) atoms. The van der Waals surface area contributed by atoms with Crippen LogP contribution < -0.4 is 9.64 Å². The van der Waals surface area contributed by atoms with Crippen LogP contribution in [0.5, 0.6) is 5.75 Å². The fraction of sp³-hybridized carbons (Fsp3) is 0.476. The summed E-state index contributed by atoms with van der Waals surface area (Å²) in [6.45, 7) is 7.80. The van der Waals surface area contributed by atoms with Crippen molar-refractivity contribution in [2.45, 2.75) is 26.7 Å². The summed E-state index contributed by atoms with van der Waals surface area (Å²) in [5.41, 5.74) is 1.88. The van der Waals surface area contributed by atoms with E-state index in [9.17, 15) is 9.59 Å². The van der Waals surface area contributed by atoms with Gasteiger partial charge >= 0.3 is 5.97 Å². The lowest BCUT2D eigenvalue weighted by molar-refractivity contribution is -0.134. The van der Waals surface area contributed by atoms with Crippen molar-refractivity contribution in [3.8, 4) is 5.75 Å². The van der Waals surface area contributed by atoms with E-state index in [2.05, 4.69) is 10.1 Å². The van der Waals surface area contributed by atoms with Gasteiger partial charge in [-0.1, -0.05) is 19.0 Å². The topological polar surface area (TPSA) is 85.1 Å². The number of esters is 1. The third-order valence-electron chi connectivity index (χ3n) is 5.01. The van der Waals surface area contributed by atoms with Gasteiger partial charge in [0, 0.05) is 37.8 Å². The Morgan fingerprint density at radius 1 is 1.14 bits per heavy atom. The number of anilines is 1. The average molecular weight is 401 g/mol. The molecule has 0 radical (unpaired) electrons. The number of hydrogen-bond donors (Lipinski definition) is 0. The van der Waals surface area contributed by atoms with Crippen LogP contribution in [-0.2, 0) is 9.53 Å². The van der Waals surface area contributed by atoms with Gasteiger partial charge in [-0.2, -0.15) is 0 Å². The SMILES string of the molecule is COc1ccc(N2CCN(C(=O)COC(=O)c3c(C)noc3C(C)C)CC2)cc1. The van der Waals surface area contributed by atoms with E-state index in [4.69, 9.17) is 14.0 Å². The average Bonchev–Trinajstić information content (AvgIpc) is 3.14. The Labute approximate surface area is 170 Å². The second kappa shape index (κ2) is 8.98. The van der Waals surface area contributed by atoms with Crippen LogP contribution in [0.4, 0.5) is 5.69 Å². The Hall–Kier alpha value is -3.03. The summed E-state index contributed by atoms with van der Waals surface area (Å²) in [5.74, 6) is 0.521. The van der Waals surface area contributed by atoms with Gasteiger partial charge in [0.1, 0.15) is 11.3 Å². The fourth-order valence-corrected chi connectivity index (χ4v) is 3.33. The zero-order chi connectivity index (χ0) is 21.0. The third kappa shape index (κ3) is 4.70. The highest BCUT2D eigenvalue weighted by Crippen LogP contribution is 2.23. The van der Waals surface area contributed by atoms with Crippen molar-refractivity contribution in [2.24, 2.45) is 0 Å². The van der Waals surface area contributed by atoms with Gasteiger partial charge in [0.2, 0.25) is 0 Å². The minimum atomic E-state index is -0.572. The van der Waals surface area contributed by atoms with Crippen molar-refractivity contribution in [3.63, 3.8) is 0 Å². The summed E-state index contributed by atoms with van der Waals surface area (Å²) < 4.78 is 15.6. The number of piperazine rings is 1. The lowest BCUT2D eigenvalue weighted by atomic mass is 10.1. The van der Waals surface area contributed by atoms with Crippen molar-refractivity contribution >= 4 is 17.6 Å². The molecule has 3 rings (SSSR count). The molecular formula is C21H27N3O5. The first-order valence-electron chi connectivity index (χ1n) is 9.70. The number of benzene rings is 1. The van der Waals surface area contributed by atoms with Crippen LogP contribution in [0, 0.1) is 6.92 Å². The van der Waals surface area contributed by atoms with E-state index in [-0.39, 0.29) is 18.4 Å². The standard InChI is InChI=1S/C21H27N3O5/c1-14(2)20-19(15(3)22-29-20)21(26)28-13-18(25)24-11-9-23(10-12-24)16-5-7-17(27-4)8-6-16/h5-8,14H,9-13H2,1-4H3. The molecule has 0 aliphatic carbocycles. The number of amides is 1. The van der Waals surface area contributed by atoms with Crippen LogP contribution in [0.1, 0.15) is 41.6 Å². The van der Waals surface area contributed by atoms with E-state index >= 15 is 0 Å². The minimum Gasteiger partial charge on any atom is -0.497 e. The number of carbonyl (C=O) groups excluding carboxylic acids is 2. The molecule has 1 amide bonds. The monoisotopic (exact) mass is 401 g/mol. The molecule has 1 aliphatic heterocycles. The lowest BCUT2D eigenvalue weighted by Gasteiger charge is -2.36. The maximum Gasteiger partial charge on any atom is 0.344 e. The smallest absolute Gasteiger partial charge is 0.344 e. The summed E-state index contributed by atoms with van der Waals surface area (Å²) in [4.78, 5) is 28.8. The molecule has 1 saturated heterocycles. The normalized spacial score (nSPS) is 14.2. The van der Waals surface area contributed by atoms with Crippen molar-refractivity contribution in [2.75, 3.05) is 44.8 Å². The van der Waals surface area contributed by atoms with Gasteiger partial charge in [-0.3, -0.25) is 4.79 Å². The van der Waals surface area contributed by atoms with Crippen molar-refractivity contribution in [1.29, 1.82) is 0 Å². The summed E-state index contributed by atoms with van der Waals surface area (Å²) in [6.07, 6.45) is 0. The summed E-state index contributed by atoms with van der Waals surface area (Å²) >= 11 is 0. The molecule has 2 aromatic rings. The Kier molecular flexibility index (Phi) is 6.41. The van der Waals surface area contributed by atoms with E-state index in [0.29, 0.717) is 43.2 Å². The molecule has 2 heterocycles. The zero-order valence-corrected chi connectivity index (χ0v) is 17.3. The summed E-state index contributed by atoms with van der Waals surface area (Å²) in [5, 5.41) is 3.84. The lowest BCUT2D eigenvalue weighted by Crippen LogP contribution is -2.49. The highest BCUT2D eigenvalue weighted by Gasteiger charge is 2.26. The fourth-order valence-electron chi connectivity index (χ4n) is 3.33. The molecule has 0 atom stereocenters. The van der Waals surface area contributed by atoms with E-state index in [1.54, 1.807) is 18.9 Å². The van der Waals surface area contributed by atoms with Crippen LogP contribution in [0.15, 0.2) is 28.8 Å². The second-order valence-electron chi connectivity index (χ2n) is 7.30. The molecule has 0 saturated carbocycles. The van der Waals surface area contributed by atoms with Crippen LogP contribution in [0.3, 0.4) is 0 Å². The highest BCUT2D eigenvalue weighted by atomic mass is 16.5. The molecule has 1 aromatic heterocycles. The number of ether oxygens (including phenoxy) is 2. The van der Waals surface area contributed by atoms with E-state index in [1.165, 1.54) is 0 Å². The first kappa shape index (κ1) is 20.7. The molecule has 0 N–H and O–H groups in total. The molecular weight excluding hydrogens is 374 g/mol. The molecule has 0 spiro atoms. The number of nitrogens with zero attached hydrogens (tertiary/aromatic N) is 3. The molecule has 1 aliphatic rings. The predicted molar refractivity (Wildman–Crippen MR) is 107 cm³/mol. The molecule has 8 heteroatoms. The number of hydrogen-bond acceptors (Lipinski definition) is 7. The van der Waals surface area contributed by atoms with Gasteiger partial charge in [-0.25, -0.2) is 4.79 Å². The molecule has 0 unspecified atom stereocenters. The van der Waals surface area contributed by atoms with Crippen LogP contribution in [0.2, 0.25) is 0 Å². The van der Waals surface area contributed by atoms with Crippen molar-refractivity contribution in [3.05, 3.63) is 41.3 Å². The number of methoxy groups -OCH3 is 1. The van der Waals surface area contributed by atoms with Gasteiger partial charge in [0.25, 0.3) is 5.91 Å². The van der Waals surface area contributed by atoms with Crippen molar-refractivity contribution in [1.82, 2.24) is 10.1 Å². The first-order valence-corrected chi connectivity index (χ1v) is 9.70. The Bertz CT molecular complexity index is 852. The van der Waals surface area contributed by atoms with E-state index < -0.39 is 5.97 Å². The Morgan fingerprint density at radius 2 is 1.79 bits per heavy atom. The quantitative estimate of drug-likeness (QED) is 0.688. The predicted octanol–water partition coefficient (Wildman–Crippen LogP) is 2.62. The van der Waals surface area contributed by atoms with Crippen molar-refractivity contribution < 1.29 is 23.6 Å². The molecule has 8 nitrogen and oxygen atoms in total. The van der Waals surface area contributed by atoms with Gasteiger partial charge in [-0.05, 0) is 31.2 Å². The first-order chi connectivity index (χ1) is 13.9. The Balaban J connectivity index is 1.51. The maximum atomic E-state index is 12.5. The summed E-state index contributed by atoms with van der Waals surface area (Å²) in [7, 11) is 1.64. The van der Waals surface area contributed by atoms with E-state index in [0.717, 1.165) is 11.4 Å². The van der Waals surface area contributed by atoms with Crippen LogP contribution in [-0.4, -0.2) is 61.8 Å². The second-order valence-corrected chi connectivity index (χ2v) is 7.30. The minimum absolute atomic E-state index is 0.000448. The van der Waals surface area contributed by atoms with Crippen LogP contribution >= 0.6 is 0 Å². The van der Waals surface area contributed by atoms with Gasteiger partial charge < -0.3 is 23.8 Å². The molecule has 0 bridgehead atoms. The molecule has 1 fully saturated rings. The molecule has 1 aromatic carbocycles. The van der Waals surface area contributed by atoms with E-state index in [1.807, 2.05) is 38.1 Å². The third-order valence-corrected chi connectivity index (χ3v) is 5.01. The van der Waals surface area contributed by atoms with Gasteiger partial charge in [0.15, 0.2) is 12.4 Å². The maximum absolute atomic E-state index is 12.5. The zero-order valence-electron chi connectivity index (χ0n) is 17.3. The highest BCUT2D eigenvalue weighted by molar-refractivity contribution is 5.93. The number of aryl methyl sites for hydroxylation is 1. The molecule has 156 valence electrons. The number of carbonyl (C=O) groups is 2. The van der Waals surface area contributed by atoms with Gasteiger partial charge in [-0.15, -0.1) is 0 Å². The number of rotatable bonds is 6.